The maximum Gasteiger partial charge on any atom is 0.227 e. The molecule has 1 rings (SSSR count). The highest BCUT2D eigenvalue weighted by atomic mass is 16.5. The lowest BCUT2D eigenvalue weighted by Gasteiger charge is -2.14. The standard InChI is InChI=1S/C14H22N2O3/c1-18-8-7-11-5-3-4-6-13(11)16-14(17)9-12(10-15)19-2/h3-6,12H,7-10,15H2,1-2H3,(H,16,17). The molecule has 0 heterocycles. The van der Waals surface area contributed by atoms with E-state index in [0.717, 1.165) is 17.7 Å². The number of anilines is 1. The lowest BCUT2D eigenvalue weighted by molar-refractivity contribution is -0.118. The van der Waals surface area contributed by atoms with Gasteiger partial charge >= 0.3 is 0 Å². The largest absolute Gasteiger partial charge is 0.384 e. The molecule has 1 unspecified atom stereocenters. The molecule has 1 amide bonds. The fourth-order valence-corrected chi connectivity index (χ4v) is 1.74. The summed E-state index contributed by atoms with van der Waals surface area (Å²) in [6.45, 7) is 0.950. The van der Waals surface area contributed by atoms with E-state index in [2.05, 4.69) is 5.32 Å². The summed E-state index contributed by atoms with van der Waals surface area (Å²) in [6, 6.07) is 7.69. The number of carbonyl (C=O) groups excluding carboxylic acids is 1. The van der Waals surface area contributed by atoms with Crippen LogP contribution in [0, 0.1) is 0 Å². The Morgan fingerprint density at radius 2 is 2.11 bits per heavy atom. The number of carbonyl (C=O) groups is 1. The zero-order chi connectivity index (χ0) is 14.1. The van der Waals surface area contributed by atoms with E-state index < -0.39 is 0 Å². The molecule has 0 radical (unpaired) electrons. The second-order valence-electron chi connectivity index (χ2n) is 4.25. The first-order chi connectivity index (χ1) is 9.21. The van der Waals surface area contributed by atoms with Gasteiger partial charge < -0.3 is 20.5 Å². The number of rotatable bonds is 8. The Morgan fingerprint density at radius 3 is 2.74 bits per heavy atom. The molecular weight excluding hydrogens is 244 g/mol. The molecule has 0 saturated carbocycles. The summed E-state index contributed by atoms with van der Waals surface area (Å²) in [5.74, 6) is -0.0952. The maximum atomic E-state index is 11.9. The van der Waals surface area contributed by atoms with Gasteiger partial charge in [0.05, 0.1) is 19.1 Å². The number of benzene rings is 1. The Kier molecular flexibility index (Phi) is 7.10. The zero-order valence-corrected chi connectivity index (χ0v) is 11.5. The average Bonchev–Trinajstić information content (AvgIpc) is 2.43. The van der Waals surface area contributed by atoms with E-state index in [-0.39, 0.29) is 18.4 Å². The molecule has 0 saturated heterocycles. The molecule has 1 atom stereocenters. The highest BCUT2D eigenvalue weighted by molar-refractivity contribution is 5.91. The molecule has 0 aliphatic heterocycles. The Labute approximate surface area is 114 Å². The molecule has 0 bridgehead atoms. The van der Waals surface area contributed by atoms with Crippen molar-refractivity contribution in [2.45, 2.75) is 18.9 Å². The molecule has 0 fully saturated rings. The van der Waals surface area contributed by atoms with Gasteiger partial charge in [0, 0.05) is 26.5 Å². The predicted molar refractivity (Wildman–Crippen MR) is 75.1 cm³/mol. The topological polar surface area (TPSA) is 73.6 Å². The van der Waals surface area contributed by atoms with Crippen LogP contribution in [-0.2, 0) is 20.7 Å². The first-order valence-corrected chi connectivity index (χ1v) is 6.30. The molecule has 3 N–H and O–H groups in total. The van der Waals surface area contributed by atoms with Gasteiger partial charge in [-0.15, -0.1) is 0 Å². The zero-order valence-electron chi connectivity index (χ0n) is 11.5. The van der Waals surface area contributed by atoms with Crippen LogP contribution in [0.25, 0.3) is 0 Å². The van der Waals surface area contributed by atoms with Gasteiger partial charge in [-0.2, -0.15) is 0 Å². The van der Waals surface area contributed by atoms with E-state index in [0.29, 0.717) is 13.2 Å². The third-order valence-corrected chi connectivity index (χ3v) is 2.88. The number of para-hydroxylation sites is 1. The van der Waals surface area contributed by atoms with Gasteiger partial charge in [0.2, 0.25) is 5.91 Å². The SMILES string of the molecule is COCCc1ccccc1NC(=O)CC(CN)OC. The maximum absolute atomic E-state index is 11.9. The van der Waals surface area contributed by atoms with E-state index in [1.807, 2.05) is 24.3 Å². The highest BCUT2D eigenvalue weighted by Gasteiger charge is 2.12. The lowest BCUT2D eigenvalue weighted by atomic mass is 10.1. The van der Waals surface area contributed by atoms with Crippen LogP contribution >= 0.6 is 0 Å². The van der Waals surface area contributed by atoms with Crippen LogP contribution in [-0.4, -0.2) is 39.4 Å². The summed E-state index contributed by atoms with van der Waals surface area (Å²) < 4.78 is 10.2. The van der Waals surface area contributed by atoms with Crippen molar-refractivity contribution in [3.8, 4) is 0 Å². The van der Waals surface area contributed by atoms with Crippen LogP contribution in [0.1, 0.15) is 12.0 Å². The second kappa shape index (κ2) is 8.63. The molecular formula is C14H22N2O3. The first-order valence-electron chi connectivity index (χ1n) is 6.30. The third-order valence-electron chi connectivity index (χ3n) is 2.88. The smallest absolute Gasteiger partial charge is 0.227 e. The fourth-order valence-electron chi connectivity index (χ4n) is 1.74. The van der Waals surface area contributed by atoms with E-state index in [1.165, 1.54) is 0 Å². The van der Waals surface area contributed by atoms with Crippen LogP contribution in [0.15, 0.2) is 24.3 Å². The normalized spacial score (nSPS) is 12.2. The molecule has 5 nitrogen and oxygen atoms in total. The Hall–Kier alpha value is -1.43. The van der Waals surface area contributed by atoms with Crippen LogP contribution in [0.4, 0.5) is 5.69 Å². The van der Waals surface area contributed by atoms with Crippen molar-refractivity contribution in [3.05, 3.63) is 29.8 Å². The molecule has 0 aromatic heterocycles. The number of amides is 1. The van der Waals surface area contributed by atoms with Gasteiger partial charge in [-0.05, 0) is 18.1 Å². The predicted octanol–water partition coefficient (Wildman–Crippen LogP) is 1.18. The lowest BCUT2D eigenvalue weighted by Crippen LogP contribution is -2.28. The third kappa shape index (κ3) is 5.38. The fraction of sp³-hybridized carbons (Fsp3) is 0.500. The summed E-state index contributed by atoms with van der Waals surface area (Å²) in [5.41, 5.74) is 7.37. The van der Waals surface area contributed by atoms with Crippen molar-refractivity contribution < 1.29 is 14.3 Å². The minimum absolute atomic E-state index is 0.0952. The second-order valence-corrected chi connectivity index (χ2v) is 4.25. The van der Waals surface area contributed by atoms with E-state index in [1.54, 1.807) is 14.2 Å². The van der Waals surface area contributed by atoms with Gasteiger partial charge in [-0.25, -0.2) is 0 Å². The number of ether oxygens (including phenoxy) is 2. The summed E-state index contributed by atoms with van der Waals surface area (Å²) in [6.07, 6.45) is 0.773. The molecule has 106 valence electrons. The van der Waals surface area contributed by atoms with Gasteiger partial charge in [0.25, 0.3) is 0 Å². The van der Waals surface area contributed by atoms with Crippen LogP contribution in [0.5, 0.6) is 0 Å². The molecule has 1 aromatic carbocycles. The average molecular weight is 266 g/mol. The van der Waals surface area contributed by atoms with Crippen LogP contribution in [0.3, 0.4) is 0 Å². The quantitative estimate of drug-likeness (QED) is 0.741. The molecule has 0 aliphatic rings. The van der Waals surface area contributed by atoms with Gasteiger partial charge in [0.1, 0.15) is 0 Å². The summed E-state index contributed by atoms with van der Waals surface area (Å²) >= 11 is 0. The molecule has 0 aliphatic carbocycles. The Bertz CT molecular complexity index is 392. The summed E-state index contributed by atoms with van der Waals surface area (Å²) in [7, 11) is 3.21. The van der Waals surface area contributed by atoms with E-state index >= 15 is 0 Å². The van der Waals surface area contributed by atoms with Crippen molar-refractivity contribution in [2.75, 3.05) is 32.7 Å². The number of hydrogen-bond acceptors (Lipinski definition) is 4. The van der Waals surface area contributed by atoms with E-state index in [9.17, 15) is 4.79 Å². The van der Waals surface area contributed by atoms with Crippen molar-refractivity contribution in [2.24, 2.45) is 5.73 Å². The number of methoxy groups -OCH3 is 2. The number of nitrogens with two attached hydrogens (primary N) is 1. The molecule has 19 heavy (non-hydrogen) atoms. The van der Waals surface area contributed by atoms with E-state index in [4.69, 9.17) is 15.2 Å². The van der Waals surface area contributed by atoms with Crippen molar-refractivity contribution in [1.29, 1.82) is 0 Å². The van der Waals surface area contributed by atoms with Crippen molar-refractivity contribution in [1.82, 2.24) is 0 Å². The Morgan fingerprint density at radius 1 is 1.37 bits per heavy atom. The Balaban J connectivity index is 2.62. The first kappa shape index (κ1) is 15.6. The van der Waals surface area contributed by atoms with Crippen LogP contribution in [0.2, 0.25) is 0 Å². The van der Waals surface area contributed by atoms with Gasteiger partial charge in [0.15, 0.2) is 0 Å². The van der Waals surface area contributed by atoms with Gasteiger partial charge in [-0.1, -0.05) is 18.2 Å². The molecule has 1 aromatic rings. The summed E-state index contributed by atoms with van der Waals surface area (Å²) in [5, 5.41) is 2.89. The minimum Gasteiger partial charge on any atom is -0.384 e. The molecule has 5 heteroatoms. The van der Waals surface area contributed by atoms with Crippen molar-refractivity contribution in [3.63, 3.8) is 0 Å². The monoisotopic (exact) mass is 266 g/mol. The van der Waals surface area contributed by atoms with Gasteiger partial charge in [-0.3, -0.25) is 4.79 Å². The highest BCUT2D eigenvalue weighted by Crippen LogP contribution is 2.16. The number of nitrogens with one attached hydrogen (secondary N) is 1. The van der Waals surface area contributed by atoms with Crippen molar-refractivity contribution >= 4 is 11.6 Å². The van der Waals surface area contributed by atoms with Crippen LogP contribution < -0.4 is 11.1 Å². The number of hydrogen-bond donors (Lipinski definition) is 2. The summed E-state index contributed by atoms with van der Waals surface area (Å²) in [4.78, 5) is 11.9. The molecule has 0 spiro atoms. The minimum atomic E-state index is -0.244.